The molecule has 3 N–H and O–H groups in total. The predicted octanol–water partition coefficient (Wildman–Crippen LogP) is 2.95. The molecule has 110 valence electrons. The summed E-state index contributed by atoms with van der Waals surface area (Å²) in [4.78, 5) is 22.1. The summed E-state index contributed by atoms with van der Waals surface area (Å²) in [5.74, 6) is 0.102. The van der Waals surface area contributed by atoms with Gasteiger partial charge in [0.1, 0.15) is 5.69 Å². The van der Waals surface area contributed by atoms with Crippen molar-refractivity contribution in [1.29, 1.82) is 0 Å². The Morgan fingerprint density at radius 3 is 2.80 bits per heavy atom. The Balaban J connectivity index is 2.64. The van der Waals surface area contributed by atoms with Gasteiger partial charge < -0.3 is 11.1 Å². The second kappa shape index (κ2) is 7.81. The number of amides is 1. The van der Waals surface area contributed by atoms with E-state index in [1.54, 1.807) is 0 Å². The van der Waals surface area contributed by atoms with Gasteiger partial charge in [-0.1, -0.05) is 18.5 Å². The van der Waals surface area contributed by atoms with E-state index in [9.17, 15) is 14.9 Å². The second-order valence-electron chi connectivity index (χ2n) is 4.69. The van der Waals surface area contributed by atoms with Gasteiger partial charge in [0.2, 0.25) is 5.91 Å². The van der Waals surface area contributed by atoms with E-state index in [0.29, 0.717) is 25.3 Å². The molecule has 0 aliphatic heterocycles. The lowest BCUT2D eigenvalue weighted by Gasteiger charge is -2.10. The summed E-state index contributed by atoms with van der Waals surface area (Å²) in [5, 5.41) is 13.7. The maximum atomic E-state index is 11.8. The van der Waals surface area contributed by atoms with Crippen molar-refractivity contribution in [3.8, 4) is 0 Å². The Bertz CT molecular complexity index is 494. The summed E-state index contributed by atoms with van der Waals surface area (Å²) in [7, 11) is 0. The third-order valence-corrected chi connectivity index (χ3v) is 3.19. The first-order valence-electron chi connectivity index (χ1n) is 6.38. The molecule has 1 aromatic carbocycles. The highest BCUT2D eigenvalue weighted by Crippen LogP contribution is 2.28. The highest BCUT2D eigenvalue weighted by Gasteiger charge is 2.16. The molecule has 0 aromatic heterocycles. The van der Waals surface area contributed by atoms with Crippen molar-refractivity contribution in [3.63, 3.8) is 0 Å². The number of nitrogens with two attached hydrogens (primary N) is 1. The Labute approximate surface area is 122 Å². The first-order valence-corrected chi connectivity index (χ1v) is 6.75. The van der Waals surface area contributed by atoms with Crippen LogP contribution >= 0.6 is 11.6 Å². The highest BCUT2D eigenvalue weighted by molar-refractivity contribution is 6.31. The normalized spacial score (nSPS) is 11.9. The summed E-state index contributed by atoms with van der Waals surface area (Å²) < 4.78 is 0. The number of nitrogens with one attached hydrogen (secondary N) is 1. The summed E-state index contributed by atoms with van der Waals surface area (Å²) in [6.07, 6.45) is 1.86. The number of carbonyl (C=O) groups is 1. The zero-order valence-electron chi connectivity index (χ0n) is 11.3. The van der Waals surface area contributed by atoms with E-state index in [-0.39, 0.29) is 22.3 Å². The van der Waals surface area contributed by atoms with Gasteiger partial charge in [-0.2, -0.15) is 0 Å². The van der Waals surface area contributed by atoms with Crippen molar-refractivity contribution in [1.82, 2.24) is 0 Å². The Kier molecular flexibility index (Phi) is 6.41. The van der Waals surface area contributed by atoms with E-state index in [2.05, 4.69) is 5.32 Å². The Hall–Kier alpha value is -1.66. The lowest BCUT2D eigenvalue weighted by atomic mass is 10.0. The smallest absolute Gasteiger partial charge is 0.294 e. The maximum absolute atomic E-state index is 11.8. The van der Waals surface area contributed by atoms with Crippen LogP contribution in [0.2, 0.25) is 5.02 Å². The number of halogens is 1. The lowest BCUT2D eigenvalue weighted by molar-refractivity contribution is -0.383. The highest BCUT2D eigenvalue weighted by atomic mass is 35.5. The van der Waals surface area contributed by atoms with Crippen LogP contribution in [0.4, 0.5) is 11.4 Å². The fourth-order valence-corrected chi connectivity index (χ4v) is 1.95. The molecule has 0 saturated heterocycles. The molecule has 0 bridgehead atoms. The maximum Gasteiger partial charge on any atom is 0.294 e. The molecule has 7 heteroatoms. The number of rotatable bonds is 7. The summed E-state index contributed by atoms with van der Waals surface area (Å²) in [6.45, 7) is 2.61. The van der Waals surface area contributed by atoms with Crippen molar-refractivity contribution >= 4 is 28.9 Å². The summed E-state index contributed by atoms with van der Waals surface area (Å²) in [6, 6.07) is 4.15. The van der Waals surface area contributed by atoms with Crippen LogP contribution in [0.25, 0.3) is 0 Å². The van der Waals surface area contributed by atoms with E-state index in [1.165, 1.54) is 18.2 Å². The predicted molar refractivity (Wildman–Crippen MR) is 78.8 cm³/mol. The minimum Gasteiger partial charge on any atom is -0.330 e. The van der Waals surface area contributed by atoms with Crippen LogP contribution in [0.3, 0.4) is 0 Å². The topological polar surface area (TPSA) is 98.3 Å². The van der Waals surface area contributed by atoms with Crippen LogP contribution in [0.15, 0.2) is 18.2 Å². The Morgan fingerprint density at radius 2 is 2.20 bits per heavy atom. The standard InChI is InChI=1S/C13H18ClN3O3/c1-9(6-7-15)2-5-13(18)16-11-4-3-10(14)8-12(11)17(19)20/h3-4,8-9H,2,5-7,15H2,1H3,(H,16,18). The van der Waals surface area contributed by atoms with Gasteiger partial charge in [0.15, 0.2) is 0 Å². The van der Waals surface area contributed by atoms with Crippen LogP contribution < -0.4 is 11.1 Å². The van der Waals surface area contributed by atoms with Gasteiger partial charge >= 0.3 is 0 Å². The van der Waals surface area contributed by atoms with Crippen LogP contribution in [0.5, 0.6) is 0 Å². The molecule has 1 atom stereocenters. The monoisotopic (exact) mass is 299 g/mol. The molecule has 1 amide bonds. The third-order valence-electron chi connectivity index (χ3n) is 2.95. The van der Waals surface area contributed by atoms with Crippen molar-refractivity contribution in [2.75, 3.05) is 11.9 Å². The van der Waals surface area contributed by atoms with Crippen molar-refractivity contribution < 1.29 is 9.72 Å². The number of carbonyl (C=O) groups excluding carboxylic acids is 1. The molecular formula is C13H18ClN3O3. The number of nitro groups is 1. The molecule has 0 heterocycles. The average molecular weight is 300 g/mol. The number of benzene rings is 1. The van der Waals surface area contributed by atoms with Crippen LogP contribution in [-0.4, -0.2) is 17.4 Å². The molecule has 1 aromatic rings. The fourth-order valence-electron chi connectivity index (χ4n) is 1.78. The molecule has 1 unspecified atom stereocenters. The molecule has 0 radical (unpaired) electrons. The van der Waals surface area contributed by atoms with E-state index in [4.69, 9.17) is 17.3 Å². The van der Waals surface area contributed by atoms with Gasteiger partial charge in [-0.05, 0) is 37.4 Å². The number of anilines is 1. The summed E-state index contributed by atoms with van der Waals surface area (Å²) in [5.41, 5.74) is 5.39. The van der Waals surface area contributed by atoms with Crippen molar-refractivity contribution in [3.05, 3.63) is 33.3 Å². The van der Waals surface area contributed by atoms with Gasteiger partial charge in [0, 0.05) is 17.5 Å². The largest absolute Gasteiger partial charge is 0.330 e. The van der Waals surface area contributed by atoms with Gasteiger partial charge in [-0.3, -0.25) is 14.9 Å². The minimum atomic E-state index is -0.571. The van der Waals surface area contributed by atoms with Crippen molar-refractivity contribution in [2.45, 2.75) is 26.2 Å². The zero-order chi connectivity index (χ0) is 15.1. The first kappa shape index (κ1) is 16.4. The van der Waals surface area contributed by atoms with Crippen molar-refractivity contribution in [2.24, 2.45) is 11.7 Å². The first-order chi connectivity index (χ1) is 9.43. The van der Waals surface area contributed by atoms with Crippen LogP contribution in [0.1, 0.15) is 26.2 Å². The number of hydrogen-bond acceptors (Lipinski definition) is 4. The van der Waals surface area contributed by atoms with E-state index >= 15 is 0 Å². The molecule has 0 aliphatic carbocycles. The molecule has 0 saturated carbocycles. The molecule has 0 spiro atoms. The molecule has 6 nitrogen and oxygen atoms in total. The second-order valence-corrected chi connectivity index (χ2v) is 5.12. The molecule has 20 heavy (non-hydrogen) atoms. The summed E-state index contributed by atoms with van der Waals surface area (Å²) >= 11 is 5.71. The molecule has 0 fully saturated rings. The van der Waals surface area contributed by atoms with E-state index in [0.717, 1.165) is 6.42 Å². The third kappa shape index (κ3) is 5.14. The Morgan fingerprint density at radius 1 is 1.50 bits per heavy atom. The van der Waals surface area contributed by atoms with E-state index in [1.807, 2.05) is 6.92 Å². The van der Waals surface area contributed by atoms with Gasteiger partial charge in [-0.25, -0.2) is 0 Å². The quantitative estimate of drug-likeness (QED) is 0.597. The lowest BCUT2D eigenvalue weighted by Crippen LogP contribution is -2.15. The van der Waals surface area contributed by atoms with Gasteiger partial charge in [0.25, 0.3) is 5.69 Å². The number of nitrogens with zero attached hydrogens (tertiary/aromatic N) is 1. The van der Waals surface area contributed by atoms with E-state index < -0.39 is 4.92 Å². The van der Waals surface area contributed by atoms with Gasteiger partial charge in [0.05, 0.1) is 4.92 Å². The fraction of sp³-hybridized carbons (Fsp3) is 0.462. The number of nitro benzene ring substituents is 1. The average Bonchev–Trinajstić information content (AvgIpc) is 2.38. The van der Waals surface area contributed by atoms with Crippen LogP contribution in [-0.2, 0) is 4.79 Å². The molecule has 0 aliphatic rings. The van der Waals surface area contributed by atoms with Gasteiger partial charge in [-0.15, -0.1) is 0 Å². The SMILES string of the molecule is CC(CCN)CCC(=O)Nc1ccc(Cl)cc1[N+](=O)[O-]. The minimum absolute atomic E-state index is 0.163. The molecule has 1 rings (SSSR count). The zero-order valence-corrected chi connectivity index (χ0v) is 12.0. The number of hydrogen-bond donors (Lipinski definition) is 2. The van der Waals surface area contributed by atoms with Crippen LogP contribution in [0, 0.1) is 16.0 Å². The molecular weight excluding hydrogens is 282 g/mol.